The SMILES string of the molecule is Cc1ccc2nc(-c3ccco3)cc(C(=O)NCCN3CCOCC3)c2c1. The Kier molecular flexibility index (Phi) is 5.18. The van der Waals surface area contributed by atoms with E-state index in [0.29, 0.717) is 23.6 Å². The summed E-state index contributed by atoms with van der Waals surface area (Å²) in [7, 11) is 0. The number of pyridine rings is 1. The van der Waals surface area contributed by atoms with Crippen molar-refractivity contribution in [3.8, 4) is 11.5 Å². The van der Waals surface area contributed by atoms with Crippen LogP contribution in [0.5, 0.6) is 0 Å². The number of hydrogen-bond donors (Lipinski definition) is 1. The third kappa shape index (κ3) is 4.02. The maximum Gasteiger partial charge on any atom is 0.252 e. The molecule has 1 fully saturated rings. The van der Waals surface area contributed by atoms with Crippen LogP contribution < -0.4 is 5.32 Å². The molecule has 0 spiro atoms. The minimum atomic E-state index is -0.0888. The first-order valence-corrected chi connectivity index (χ1v) is 9.24. The number of carbonyl (C=O) groups is 1. The van der Waals surface area contributed by atoms with E-state index in [1.807, 2.05) is 43.3 Å². The summed E-state index contributed by atoms with van der Waals surface area (Å²) < 4.78 is 10.8. The molecule has 4 rings (SSSR count). The Balaban J connectivity index is 1.58. The van der Waals surface area contributed by atoms with Crippen LogP contribution in [0.3, 0.4) is 0 Å². The standard InChI is InChI=1S/C21H23N3O3/c1-15-4-5-18-16(13-15)17(14-19(23-18)20-3-2-10-27-20)21(25)22-6-7-24-8-11-26-12-9-24/h2-5,10,13-14H,6-9,11-12H2,1H3,(H,22,25). The highest BCUT2D eigenvalue weighted by Crippen LogP contribution is 2.26. The molecule has 0 saturated carbocycles. The molecule has 1 aliphatic rings. The Hall–Kier alpha value is -2.70. The Morgan fingerprint density at radius 1 is 1.22 bits per heavy atom. The lowest BCUT2D eigenvalue weighted by Crippen LogP contribution is -2.41. The zero-order valence-corrected chi connectivity index (χ0v) is 15.4. The minimum absolute atomic E-state index is 0.0888. The number of nitrogens with one attached hydrogen (secondary N) is 1. The number of aryl methyl sites for hydroxylation is 1. The van der Waals surface area contributed by atoms with Crippen LogP contribution in [0.1, 0.15) is 15.9 Å². The van der Waals surface area contributed by atoms with E-state index >= 15 is 0 Å². The zero-order valence-electron chi connectivity index (χ0n) is 15.4. The number of ether oxygens (including phenoxy) is 1. The largest absolute Gasteiger partial charge is 0.463 e. The van der Waals surface area contributed by atoms with Gasteiger partial charge in [-0.25, -0.2) is 4.98 Å². The van der Waals surface area contributed by atoms with Crippen molar-refractivity contribution in [1.82, 2.24) is 15.2 Å². The highest BCUT2D eigenvalue weighted by Gasteiger charge is 2.16. The molecule has 0 atom stereocenters. The summed E-state index contributed by atoms with van der Waals surface area (Å²) in [6.07, 6.45) is 1.61. The van der Waals surface area contributed by atoms with Gasteiger partial charge in [0.2, 0.25) is 0 Å². The van der Waals surface area contributed by atoms with Gasteiger partial charge in [-0.05, 0) is 37.3 Å². The van der Waals surface area contributed by atoms with Crippen molar-refractivity contribution < 1.29 is 13.9 Å². The smallest absolute Gasteiger partial charge is 0.252 e. The van der Waals surface area contributed by atoms with Gasteiger partial charge in [0, 0.05) is 31.6 Å². The number of furan rings is 1. The molecule has 3 heterocycles. The van der Waals surface area contributed by atoms with Gasteiger partial charge in [-0.1, -0.05) is 11.6 Å². The molecular weight excluding hydrogens is 342 g/mol. The first-order valence-electron chi connectivity index (χ1n) is 9.24. The fourth-order valence-corrected chi connectivity index (χ4v) is 3.33. The topological polar surface area (TPSA) is 67.6 Å². The molecule has 6 heteroatoms. The lowest BCUT2D eigenvalue weighted by atomic mass is 10.0. The normalized spacial score (nSPS) is 15.1. The molecule has 3 aromatic rings. The fourth-order valence-electron chi connectivity index (χ4n) is 3.33. The summed E-state index contributed by atoms with van der Waals surface area (Å²) in [6, 6.07) is 11.4. The van der Waals surface area contributed by atoms with Gasteiger partial charge in [-0.2, -0.15) is 0 Å². The van der Waals surface area contributed by atoms with E-state index in [1.54, 1.807) is 6.26 Å². The van der Waals surface area contributed by atoms with Gasteiger partial charge < -0.3 is 14.5 Å². The molecule has 27 heavy (non-hydrogen) atoms. The van der Waals surface area contributed by atoms with Gasteiger partial charge in [-0.3, -0.25) is 9.69 Å². The molecule has 0 aliphatic carbocycles. The van der Waals surface area contributed by atoms with Crippen molar-refractivity contribution in [3.05, 3.63) is 53.8 Å². The number of fused-ring (bicyclic) bond motifs is 1. The molecule has 1 aliphatic heterocycles. The third-order valence-corrected chi connectivity index (χ3v) is 4.80. The van der Waals surface area contributed by atoms with Crippen LogP contribution in [0.2, 0.25) is 0 Å². The lowest BCUT2D eigenvalue weighted by molar-refractivity contribution is 0.0383. The second-order valence-electron chi connectivity index (χ2n) is 6.76. The van der Waals surface area contributed by atoms with E-state index in [1.165, 1.54) is 0 Å². The third-order valence-electron chi connectivity index (χ3n) is 4.80. The van der Waals surface area contributed by atoms with Gasteiger partial charge in [0.05, 0.1) is 30.6 Å². The van der Waals surface area contributed by atoms with Crippen molar-refractivity contribution in [3.63, 3.8) is 0 Å². The maximum atomic E-state index is 12.9. The van der Waals surface area contributed by atoms with Crippen molar-refractivity contribution in [1.29, 1.82) is 0 Å². The van der Waals surface area contributed by atoms with E-state index in [4.69, 9.17) is 9.15 Å². The molecule has 1 aromatic carbocycles. The number of rotatable bonds is 5. The summed E-state index contributed by atoms with van der Waals surface area (Å²) in [5.41, 5.74) is 3.16. The Bertz CT molecular complexity index is 931. The average molecular weight is 365 g/mol. The van der Waals surface area contributed by atoms with Crippen molar-refractivity contribution in [2.75, 3.05) is 39.4 Å². The van der Waals surface area contributed by atoms with Gasteiger partial charge in [0.25, 0.3) is 5.91 Å². The first-order chi connectivity index (χ1) is 13.2. The average Bonchev–Trinajstić information content (AvgIpc) is 3.23. The summed E-state index contributed by atoms with van der Waals surface area (Å²) >= 11 is 0. The van der Waals surface area contributed by atoms with Crippen LogP contribution in [0.15, 0.2) is 47.1 Å². The maximum absolute atomic E-state index is 12.9. The van der Waals surface area contributed by atoms with Crippen LogP contribution in [0.25, 0.3) is 22.4 Å². The van der Waals surface area contributed by atoms with E-state index in [9.17, 15) is 4.79 Å². The van der Waals surface area contributed by atoms with Crippen LogP contribution >= 0.6 is 0 Å². The van der Waals surface area contributed by atoms with Crippen molar-refractivity contribution in [2.24, 2.45) is 0 Å². The molecule has 0 unspecified atom stereocenters. The van der Waals surface area contributed by atoms with Gasteiger partial charge in [-0.15, -0.1) is 0 Å². The molecular formula is C21H23N3O3. The van der Waals surface area contributed by atoms with Crippen LogP contribution in [-0.2, 0) is 4.74 Å². The Morgan fingerprint density at radius 3 is 2.85 bits per heavy atom. The van der Waals surface area contributed by atoms with E-state index < -0.39 is 0 Å². The molecule has 1 N–H and O–H groups in total. The van der Waals surface area contributed by atoms with E-state index in [0.717, 1.165) is 49.3 Å². The Labute approximate surface area is 158 Å². The van der Waals surface area contributed by atoms with Gasteiger partial charge >= 0.3 is 0 Å². The molecule has 0 bridgehead atoms. The number of morpholine rings is 1. The number of carbonyl (C=O) groups excluding carboxylic acids is 1. The number of benzene rings is 1. The molecule has 1 saturated heterocycles. The molecule has 6 nitrogen and oxygen atoms in total. The predicted octanol–water partition coefficient (Wildman–Crippen LogP) is 2.87. The number of hydrogen-bond acceptors (Lipinski definition) is 5. The second kappa shape index (κ2) is 7.90. The minimum Gasteiger partial charge on any atom is -0.463 e. The quantitative estimate of drug-likeness (QED) is 0.753. The predicted molar refractivity (Wildman–Crippen MR) is 104 cm³/mol. The van der Waals surface area contributed by atoms with Gasteiger partial charge in [0.1, 0.15) is 5.69 Å². The highest BCUT2D eigenvalue weighted by atomic mass is 16.5. The molecule has 2 aromatic heterocycles. The summed E-state index contributed by atoms with van der Waals surface area (Å²) in [5, 5.41) is 3.91. The molecule has 1 amide bonds. The first kappa shape index (κ1) is 17.7. The Morgan fingerprint density at radius 2 is 2.07 bits per heavy atom. The number of amides is 1. The second-order valence-corrected chi connectivity index (χ2v) is 6.76. The highest BCUT2D eigenvalue weighted by molar-refractivity contribution is 6.07. The molecule has 0 radical (unpaired) electrons. The van der Waals surface area contributed by atoms with Crippen LogP contribution in [-0.4, -0.2) is 55.2 Å². The number of aromatic nitrogens is 1. The van der Waals surface area contributed by atoms with Crippen molar-refractivity contribution >= 4 is 16.8 Å². The molecule has 140 valence electrons. The fraction of sp³-hybridized carbons (Fsp3) is 0.333. The summed E-state index contributed by atoms with van der Waals surface area (Å²) in [6.45, 7) is 6.78. The van der Waals surface area contributed by atoms with Crippen molar-refractivity contribution in [2.45, 2.75) is 6.92 Å². The summed E-state index contributed by atoms with van der Waals surface area (Å²) in [5.74, 6) is 0.564. The summed E-state index contributed by atoms with van der Waals surface area (Å²) in [4.78, 5) is 19.9. The van der Waals surface area contributed by atoms with Crippen LogP contribution in [0.4, 0.5) is 0 Å². The monoisotopic (exact) mass is 365 g/mol. The van der Waals surface area contributed by atoms with Crippen LogP contribution in [0, 0.1) is 6.92 Å². The van der Waals surface area contributed by atoms with E-state index in [-0.39, 0.29) is 5.91 Å². The zero-order chi connectivity index (χ0) is 18.6. The van der Waals surface area contributed by atoms with Gasteiger partial charge in [0.15, 0.2) is 5.76 Å². The van der Waals surface area contributed by atoms with E-state index in [2.05, 4.69) is 15.2 Å². The number of nitrogens with zero attached hydrogens (tertiary/aromatic N) is 2. The lowest BCUT2D eigenvalue weighted by Gasteiger charge is -2.26.